The Hall–Kier alpha value is -9.82. The number of terminal acetylenes is 1. The van der Waals surface area contributed by atoms with Crippen LogP contribution in [0, 0.1) is 68.4 Å². The van der Waals surface area contributed by atoms with Crippen molar-refractivity contribution in [2.45, 2.75) is 72.6 Å². The van der Waals surface area contributed by atoms with Gasteiger partial charge in [0.2, 0.25) is 0 Å². The van der Waals surface area contributed by atoms with Gasteiger partial charge in [0.15, 0.2) is 11.3 Å². The summed E-state index contributed by atoms with van der Waals surface area (Å²) in [6.07, 6.45) is 15.2. The number of carbonyl (C=O) groups is 4. The number of nitrogens with one attached hydrogen (secondary N) is 3. The number of nitrogens with two attached hydrogens (primary N) is 1. The van der Waals surface area contributed by atoms with Crippen LogP contribution in [0.3, 0.4) is 0 Å². The van der Waals surface area contributed by atoms with Crippen LogP contribution in [-0.4, -0.2) is 76.1 Å². The molecule has 1 atom stereocenters. The predicted octanol–water partition coefficient (Wildman–Crippen LogP) is 15.6. The summed E-state index contributed by atoms with van der Waals surface area (Å²) in [5, 5.41) is 13.8. The number of fused-ring (bicyclic) bond motifs is 2. The van der Waals surface area contributed by atoms with Gasteiger partial charge in [-0.3, -0.25) is 39.3 Å². The SMILES string of the molecule is BrCc1ccccc1.C#C.CCOC(=O)C(Cc1ccccc1)C(C)=O.CCOC(=O)CC(C)=O.Cc1nc2c(-c3ccccc3)c[nH]n2c(=O)c1Cc1ccccc1.Cc1nc2c(-c3ccccc3)c[nH]n2c(=S)c1Cc1ccccc1.Nc1[nH]ncc1-c1ccccc1.[U]. The number of rotatable bonds is 16. The second-order valence-electron chi connectivity index (χ2n) is 21.2. The number of hydrogen-bond donors (Lipinski definition) is 4. The topological polar surface area (TPSA) is 225 Å². The van der Waals surface area contributed by atoms with E-state index in [9.17, 15) is 24.0 Å². The van der Waals surface area contributed by atoms with Crippen molar-refractivity contribution in [2.75, 3.05) is 18.9 Å². The molecule has 96 heavy (non-hydrogen) atoms. The number of hydrogen-bond acceptors (Lipinski definition) is 12. The summed E-state index contributed by atoms with van der Waals surface area (Å²) in [4.78, 5) is 66.0. The molecule has 0 fully saturated rings. The molecule has 0 bridgehead atoms. The third kappa shape index (κ3) is 23.3. The monoisotopic (exact) mass is 1590 g/mol. The van der Waals surface area contributed by atoms with Crippen molar-refractivity contribution < 1.29 is 59.8 Å². The van der Waals surface area contributed by atoms with Gasteiger partial charge in [-0.25, -0.2) is 19.0 Å². The Morgan fingerprint density at radius 2 is 0.948 bits per heavy atom. The van der Waals surface area contributed by atoms with E-state index >= 15 is 0 Å². The van der Waals surface area contributed by atoms with Crippen LogP contribution in [0.4, 0.5) is 5.82 Å². The first kappa shape index (κ1) is 76.9. The maximum absolute atomic E-state index is 12.9. The average molecular weight is 1590 g/mol. The molecule has 1 unspecified atom stereocenters. The molecule has 19 heteroatoms. The van der Waals surface area contributed by atoms with Crippen LogP contribution < -0.4 is 11.3 Å². The number of nitrogen functional groups attached to an aromatic ring is 1. The fourth-order valence-corrected chi connectivity index (χ4v) is 10.3. The van der Waals surface area contributed by atoms with E-state index in [2.05, 4.69) is 102 Å². The Kier molecular flexibility index (Phi) is 32.9. The molecule has 5 N–H and O–H groups in total. The van der Waals surface area contributed by atoms with Crippen molar-refractivity contribution in [3.63, 3.8) is 0 Å². The first-order valence-electron chi connectivity index (χ1n) is 30.6. The van der Waals surface area contributed by atoms with Gasteiger partial charge in [0.05, 0.1) is 19.4 Å². The predicted molar refractivity (Wildman–Crippen MR) is 385 cm³/mol. The number of H-pyrrole nitrogens is 3. The van der Waals surface area contributed by atoms with Gasteiger partial charge < -0.3 is 15.2 Å². The maximum atomic E-state index is 12.9. The molecule has 7 aromatic carbocycles. The molecule has 0 saturated carbocycles. The Morgan fingerprint density at radius 1 is 0.562 bits per heavy atom. The summed E-state index contributed by atoms with van der Waals surface area (Å²) in [7, 11) is 0. The van der Waals surface area contributed by atoms with Gasteiger partial charge >= 0.3 is 11.9 Å². The molecule has 490 valence electrons. The second kappa shape index (κ2) is 41.1. The molecule has 0 aliphatic heterocycles. The fraction of sp³-hybridized carbons (Fsp3) is 0.182. The molecule has 0 saturated heterocycles. The molecule has 16 nitrogen and oxygen atoms in total. The number of esters is 2. The summed E-state index contributed by atoms with van der Waals surface area (Å²) in [6, 6.07) is 70.2. The molecular formula is C77H78BrN9O7SU. The molecule has 0 aliphatic rings. The van der Waals surface area contributed by atoms with E-state index in [1.165, 1.54) is 29.5 Å². The minimum Gasteiger partial charge on any atom is -0.466 e. The van der Waals surface area contributed by atoms with E-state index in [1.807, 2.05) is 195 Å². The van der Waals surface area contributed by atoms with E-state index < -0.39 is 17.9 Å². The van der Waals surface area contributed by atoms with E-state index in [4.69, 9.17) is 32.7 Å². The number of ether oxygens (including phenoxy) is 2. The minimum absolute atomic E-state index is 0. The number of benzene rings is 7. The quantitative estimate of drug-likeness (QED) is 0.0233. The number of halogens is 1. The molecule has 0 radical (unpaired) electrons. The van der Waals surface area contributed by atoms with Crippen molar-refractivity contribution in [1.82, 2.24) is 39.4 Å². The van der Waals surface area contributed by atoms with E-state index in [-0.39, 0.29) is 54.7 Å². The smallest absolute Gasteiger partial charge is 0.316 e. The van der Waals surface area contributed by atoms with E-state index in [0.29, 0.717) is 37.5 Å². The van der Waals surface area contributed by atoms with Gasteiger partial charge in [-0.15, -0.1) is 12.8 Å². The second-order valence-corrected chi connectivity index (χ2v) is 22.1. The average Bonchev–Trinajstić information content (AvgIpc) is 1.59. The van der Waals surface area contributed by atoms with Gasteiger partial charge in [0.25, 0.3) is 5.56 Å². The number of aryl methyl sites for hydroxylation is 2. The molecule has 0 aliphatic carbocycles. The van der Waals surface area contributed by atoms with Crippen molar-refractivity contribution in [2.24, 2.45) is 5.92 Å². The first-order chi connectivity index (χ1) is 46.1. The molecular weight excluding hydrogens is 1510 g/mol. The van der Waals surface area contributed by atoms with Crippen LogP contribution in [0.25, 0.3) is 44.7 Å². The Morgan fingerprint density at radius 3 is 1.34 bits per heavy atom. The zero-order valence-corrected chi connectivity index (χ0v) is 61.1. The molecule has 0 spiro atoms. The largest absolute Gasteiger partial charge is 0.466 e. The molecule has 5 aromatic heterocycles. The zero-order valence-electron chi connectivity index (χ0n) is 54.6. The standard InChI is InChI=1S/C20H17N3O.C20H17N3S.C13H16O3.C9H9N3.C7H7Br.C6H10O3.C2H2.U/c2*1-14-17(12-15-8-4-2-5-9-15)20(24)23-19(22-14)18(13-21-23)16-10-6-3-7-11-16;1-3-16-13(15)12(10(2)14)9-11-7-5-4-6-8-11;10-9-8(6-11-12-9)7-4-2-1-3-5-7;8-6-7-4-2-1-3-5-7;1-3-9-6(8)4-5(2)7;1-2;/h2*2-11,13,21H,12H2,1H3;4-8,12H,3,9H2,1-2H3;1-6H,(H3,10,11,12);1-5H,6H2;3-4H2,1-2H3;1-2H;. The molecule has 5 heterocycles. The number of nitrogens with zero attached hydrogens (tertiary/aromatic N) is 5. The fourth-order valence-electron chi connectivity index (χ4n) is 9.59. The van der Waals surface area contributed by atoms with Crippen molar-refractivity contribution >= 4 is 68.8 Å². The summed E-state index contributed by atoms with van der Waals surface area (Å²) in [6.45, 7) is 10.8. The van der Waals surface area contributed by atoms with Gasteiger partial charge in [-0.05, 0) is 86.9 Å². The number of anilines is 1. The normalized spacial score (nSPS) is 10.3. The van der Waals surface area contributed by atoms with Gasteiger partial charge in [-0.1, -0.05) is 240 Å². The number of ketones is 2. The maximum Gasteiger partial charge on any atom is 0.316 e. The van der Waals surface area contributed by atoms with E-state index in [0.717, 1.165) is 89.1 Å². The Bertz CT molecular complexity index is 4300. The number of alkyl halides is 1. The van der Waals surface area contributed by atoms with Gasteiger partial charge in [-0.2, -0.15) is 5.10 Å². The minimum atomic E-state index is -0.678. The van der Waals surface area contributed by atoms with Crippen LogP contribution in [0.15, 0.2) is 236 Å². The third-order valence-electron chi connectivity index (χ3n) is 14.3. The summed E-state index contributed by atoms with van der Waals surface area (Å²) < 4.78 is 13.6. The summed E-state index contributed by atoms with van der Waals surface area (Å²) in [5.41, 5.74) is 21.6. The van der Waals surface area contributed by atoms with Crippen LogP contribution in [-0.2, 0) is 53.2 Å². The zero-order chi connectivity index (χ0) is 68.5. The van der Waals surface area contributed by atoms with Crippen molar-refractivity contribution in [1.29, 1.82) is 0 Å². The van der Waals surface area contributed by atoms with Gasteiger partial charge in [0.1, 0.15) is 34.4 Å². The summed E-state index contributed by atoms with van der Waals surface area (Å²) in [5.74, 6) is -1.25. The van der Waals surface area contributed by atoms with Gasteiger partial charge in [0, 0.05) is 101 Å². The Labute approximate surface area is 597 Å². The molecule has 0 amide bonds. The van der Waals surface area contributed by atoms with Crippen LogP contribution in [0.2, 0.25) is 0 Å². The number of aromatic nitrogens is 8. The van der Waals surface area contributed by atoms with Crippen LogP contribution in [0.5, 0.6) is 0 Å². The summed E-state index contributed by atoms with van der Waals surface area (Å²) >= 11 is 9.09. The number of carbonyl (C=O) groups excluding carboxylic acids is 4. The molecule has 12 rings (SSSR count). The van der Waals surface area contributed by atoms with E-state index in [1.54, 1.807) is 20.0 Å². The number of aromatic amines is 3. The van der Waals surface area contributed by atoms with Crippen molar-refractivity contribution in [3.05, 3.63) is 291 Å². The van der Waals surface area contributed by atoms with Crippen LogP contribution >= 0.6 is 28.1 Å². The van der Waals surface area contributed by atoms with Crippen molar-refractivity contribution in [3.8, 4) is 46.2 Å². The molecule has 12 aromatic rings. The van der Waals surface area contributed by atoms with Crippen LogP contribution in [0.1, 0.15) is 78.9 Å². The Balaban J connectivity index is 0.000000216. The number of Topliss-reactive ketones (excluding diaryl/α,β-unsaturated/α-hetero) is 2. The third-order valence-corrected chi connectivity index (χ3v) is 15.4. The first-order valence-corrected chi connectivity index (χ1v) is 32.1.